The molecule has 0 atom stereocenters. The van der Waals surface area contributed by atoms with E-state index in [-0.39, 0.29) is 5.82 Å². The number of nitrogens with two attached hydrogens (primary N) is 1. The number of hydrogen-bond acceptors (Lipinski definition) is 2. The average Bonchev–Trinajstić information content (AvgIpc) is 2.27. The maximum Gasteiger partial charge on any atom is 0.125 e. The summed E-state index contributed by atoms with van der Waals surface area (Å²) in [5.74, 6) is -0.304. The standard InChI is InChI=1S/C12H10FIN2/c13-8-1-6-11(15)12(7-8)16-10-4-2-9(14)3-5-10/h1-7,16H,15H2. The minimum Gasteiger partial charge on any atom is -0.397 e. The van der Waals surface area contributed by atoms with E-state index in [2.05, 4.69) is 27.9 Å². The topological polar surface area (TPSA) is 38.0 Å². The van der Waals surface area contributed by atoms with Crippen LogP contribution in [-0.2, 0) is 0 Å². The molecule has 0 aliphatic heterocycles. The van der Waals surface area contributed by atoms with Crippen molar-refractivity contribution in [3.05, 3.63) is 51.9 Å². The molecule has 2 aromatic rings. The predicted molar refractivity (Wildman–Crippen MR) is 73.3 cm³/mol. The van der Waals surface area contributed by atoms with Crippen molar-refractivity contribution in [3.8, 4) is 0 Å². The Morgan fingerprint density at radius 1 is 1.06 bits per heavy atom. The molecule has 0 aromatic heterocycles. The number of nitrogens with one attached hydrogen (secondary N) is 1. The highest BCUT2D eigenvalue weighted by molar-refractivity contribution is 14.1. The van der Waals surface area contributed by atoms with E-state index in [0.717, 1.165) is 9.26 Å². The van der Waals surface area contributed by atoms with Crippen LogP contribution >= 0.6 is 22.6 Å². The third-order valence-electron chi connectivity index (χ3n) is 2.14. The van der Waals surface area contributed by atoms with E-state index in [1.165, 1.54) is 12.1 Å². The summed E-state index contributed by atoms with van der Waals surface area (Å²) in [5, 5.41) is 3.07. The Morgan fingerprint density at radius 3 is 2.44 bits per heavy atom. The van der Waals surface area contributed by atoms with Crippen molar-refractivity contribution in [2.75, 3.05) is 11.1 Å². The smallest absolute Gasteiger partial charge is 0.125 e. The molecule has 0 bridgehead atoms. The lowest BCUT2D eigenvalue weighted by molar-refractivity contribution is 0.628. The molecular formula is C12H10FIN2. The van der Waals surface area contributed by atoms with Crippen molar-refractivity contribution < 1.29 is 4.39 Å². The van der Waals surface area contributed by atoms with Gasteiger partial charge in [-0.3, -0.25) is 0 Å². The van der Waals surface area contributed by atoms with Crippen LogP contribution in [0.15, 0.2) is 42.5 Å². The van der Waals surface area contributed by atoms with Gasteiger partial charge < -0.3 is 11.1 Å². The predicted octanol–water partition coefficient (Wildman–Crippen LogP) is 3.76. The lowest BCUT2D eigenvalue weighted by atomic mass is 10.2. The first-order valence-corrected chi connectivity index (χ1v) is 5.80. The second kappa shape index (κ2) is 4.69. The van der Waals surface area contributed by atoms with Crippen LogP contribution in [-0.4, -0.2) is 0 Å². The third kappa shape index (κ3) is 2.63. The number of anilines is 3. The zero-order valence-electron chi connectivity index (χ0n) is 8.37. The fourth-order valence-corrected chi connectivity index (χ4v) is 1.69. The molecule has 3 N–H and O–H groups in total. The van der Waals surface area contributed by atoms with Crippen LogP contribution in [0, 0.1) is 9.39 Å². The number of rotatable bonds is 2. The molecule has 0 amide bonds. The summed E-state index contributed by atoms with van der Waals surface area (Å²) < 4.78 is 14.2. The SMILES string of the molecule is Nc1ccc(F)cc1Nc1ccc(I)cc1. The minimum atomic E-state index is -0.304. The fraction of sp³-hybridized carbons (Fsp3) is 0. The van der Waals surface area contributed by atoms with E-state index in [4.69, 9.17) is 5.73 Å². The Bertz CT molecular complexity index is 497. The van der Waals surface area contributed by atoms with Crippen molar-refractivity contribution >= 4 is 39.7 Å². The third-order valence-corrected chi connectivity index (χ3v) is 2.86. The Balaban J connectivity index is 2.26. The zero-order valence-corrected chi connectivity index (χ0v) is 10.5. The Hall–Kier alpha value is -1.30. The normalized spacial score (nSPS) is 10.1. The van der Waals surface area contributed by atoms with E-state index in [1.807, 2.05) is 24.3 Å². The monoisotopic (exact) mass is 328 g/mol. The van der Waals surface area contributed by atoms with Crippen LogP contribution in [0.2, 0.25) is 0 Å². The van der Waals surface area contributed by atoms with Gasteiger partial charge in [-0.2, -0.15) is 0 Å². The van der Waals surface area contributed by atoms with E-state index >= 15 is 0 Å². The molecule has 0 spiro atoms. The van der Waals surface area contributed by atoms with E-state index in [0.29, 0.717) is 11.4 Å². The van der Waals surface area contributed by atoms with E-state index in [9.17, 15) is 4.39 Å². The summed E-state index contributed by atoms with van der Waals surface area (Å²) in [6, 6.07) is 12.1. The van der Waals surface area contributed by atoms with Crippen molar-refractivity contribution in [1.29, 1.82) is 0 Å². The van der Waals surface area contributed by atoms with Gasteiger partial charge in [0.2, 0.25) is 0 Å². The minimum absolute atomic E-state index is 0.304. The molecule has 4 heteroatoms. The summed E-state index contributed by atoms with van der Waals surface area (Å²) in [5.41, 5.74) is 7.74. The van der Waals surface area contributed by atoms with Gasteiger partial charge >= 0.3 is 0 Å². The Kier molecular flexibility index (Phi) is 3.28. The molecule has 0 aliphatic carbocycles. The van der Waals surface area contributed by atoms with Gasteiger partial charge in [-0.25, -0.2) is 4.39 Å². The summed E-state index contributed by atoms with van der Waals surface area (Å²) >= 11 is 2.23. The number of halogens is 2. The molecule has 0 unspecified atom stereocenters. The second-order valence-corrected chi connectivity index (χ2v) is 4.61. The summed E-state index contributed by atoms with van der Waals surface area (Å²) in [7, 11) is 0. The molecule has 82 valence electrons. The van der Waals surface area contributed by atoms with Gasteiger partial charge in [0.05, 0.1) is 11.4 Å². The van der Waals surface area contributed by atoms with Gasteiger partial charge in [0.25, 0.3) is 0 Å². The second-order valence-electron chi connectivity index (χ2n) is 3.36. The molecule has 0 radical (unpaired) electrons. The number of benzene rings is 2. The molecule has 2 nitrogen and oxygen atoms in total. The van der Waals surface area contributed by atoms with Crippen LogP contribution in [0.3, 0.4) is 0 Å². The van der Waals surface area contributed by atoms with E-state index in [1.54, 1.807) is 6.07 Å². The molecule has 0 heterocycles. The fourth-order valence-electron chi connectivity index (χ4n) is 1.33. The highest BCUT2D eigenvalue weighted by Gasteiger charge is 2.01. The Morgan fingerprint density at radius 2 is 1.75 bits per heavy atom. The molecule has 0 fully saturated rings. The zero-order chi connectivity index (χ0) is 11.5. The highest BCUT2D eigenvalue weighted by atomic mass is 127. The summed E-state index contributed by atoms with van der Waals surface area (Å²) in [4.78, 5) is 0. The molecule has 0 saturated carbocycles. The van der Waals surface area contributed by atoms with Crippen LogP contribution in [0.5, 0.6) is 0 Å². The van der Waals surface area contributed by atoms with Crippen molar-refractivity contribution in [1.82, 2.24) is 0 Å². The average molecular weight is 328 g/mol. The van der Waals surface area contributed by atoms with E-state index < -0.39 is 0 Å². The van der Waals surface area contributed by atoms with Gasteiger partial charge in [0, 0.05) is 9.26 Å². The molecule has 16 heavy (non-hydrogen) atoms. The quantitative estimate of drug-likeness (QED) is 0.651. The lowest BCUT2D eigenvalue weighted by Crippen LogP contribution is -1.96. The van der Waals surface area contributed by atoms with Crippen molar-refractivity contribution in [2.24, 2.45) is 0 Å². The van der Waals surface area contributed by atoms with Crippen LogP contribution in [0.25, 0.3) is 0 Å². The van der Waals surface area contributed by atoms with Crippen LogP contribution < -0.4 is 11.1 Å². The van der Waals surface area contributed by atoms with Gasteiger partial charge in [-0.1, -0.05) is 0 Å². The maximum atomic E-state index is 13.0. The van der Waals surface area contributed by atoms with Crippen molar-refractivity contribution in [2.45, 2.75) is 0 Å². The first-order chi connectivity index (χ1) is 7.65. The van der Waals surface area contributed by atoms with Gasteiger partial charge in [0.1, 0.15) is 5.82 Å². The van der Waals surface area contributed by atoms with Crippen LogP contribution in [0.1, 0.15) is 0 Å². The highest BCUT2D eigenvalue weighted by Crippen LogP contribution is 2.24. The summed E-state index contributed by atoms with van der Waals surface area (Å²) in [6.45, 7) is 0. The molecule has 0 aliphatic rings. The van der Waals surface area contributed by atoms with Crippen molar-refractivity contribution in [3.63, 3.8) is 0 Å². The largest absolute Gasteiger partial charge is 0.397 e. The lowest BCUT2D eigenvalue weighted by Gasteiger charge is -2.09. The van der Waals surface area contributed by atoms with Crippen LogP contribution in [0.4, 0.5) is 21.5 Å². The van der Waals surface area contributed by atoms with Gasteiger partial charge in [-0.05, 0) is 65.1 Å². The molecule has 2 aromatic carbocycles. The first kappa shape index (κ1) is 11.2. The maximum absolute atomic E-state index is 13.0. The molecular weight excluding hydrogens is 318 g/mol. The Labute approximate surface area is 107 Å². The molecule has 2 rings (SSSR count). The van der Waals surface area contributed by atoms with Gasteiger partial charge in [-0.15, -0.1) is 0 Å². The summed E-state index contributed by atoms with van der Waals surface area (Å²) in [6.07, 6.45) is 0. The first-order valence-electron chi connectivity index (χ1n) is 4.73. The van der Waals surface area contributed by atoms with Gasteiger partial charge in [0.15, 0.2) is 0 Å². The number of hydrogen-bond donors (Lipinski definition) is 2. The number of nitrogen functional groups attached to an aromatic ring is 1. The molecule has 0 saturated heterocycles.